The molecular weight excluding hydrogens is 153 g/mol. The van der Waals surface area contributed by atoms with E-state index in [1.54, 1.807) is 0 Å². The highest BCUT2D eigenvalue weighted by Gasteiger charge is 0.187. The first-order chi connectivity index (χ1) is 0. The molecule has 0 atom stereocenters. The maximum absolute atomic E-state index is 0. The summed E-state index contributed by atoms with van der Waals surface area (Å²) >= 11 is 0. The Kier molecular flexibility index (Phi) is 85200000. The summed E-state index contributed by atoms with van der Waals surface area (Å²) in [5.74, 6) is 0. The summed E-state index contributed by atoms with van der Waals surface area (Å²) in [6.07, 6.45) is 0. The molecule has 0 rings (SSSR count). The highest BCUT2D eigenvalue weighted by molar-refractivity contribution is 5.75. The van der Waals surface area contributed by atoms with Crippen LogP contribution in [0.4, 0.5) is 28.2 Å². The third-order valence-electron chi connectivity index (χ3n) is 0. The molecule has 0 heterocycles. The van der Waals surface area contributed by atoms with Gasteiger partial charge in [-0.25, -0.2) is 0 Å². The Balaban J connectivity index is 0. The average molecular weight is 166 g/mol. The molecule has 0 saturated carbocycles. The van der Waals surface area contributed by atoms with Crippen molar-refractivity contribution in [1.82, 2.24) is 0 Å². The van der Waals surface area contributed by atoms with E-state index in [0.29, 0.717) is 0 Å². The van der Waals surface area contributed by atoms with E-state index in [1.807, 2.05) is 0 Å². The molecule has 0 aromatic carbocycles. The van der Waals surface area contributed by atoms with Gasteiger partial charge in [0.05, 0.1) is 0 Å². The molecule has 0 unspecified atom stereocenters. The third kappa shape index (κ3) is 12600. The lowest BCUT2D eigenvalue weighted by atomic mass is 12.0. The molecule has 0 N–H and O–H groups in total. The smallest absolute Gasteiger partial charge is 0.187 e. The van der Waals surface area contributed by atoms with E-state index in [1.165, 1.54) is 0 Å². The summed E-state index contributed by atoms with van der Waals surface area (Å²) in [6.45, 7) is 0. The number of hydrogen-bond donors (Lipinski definition) is 0. The van der Waals surface area contributed by atoms with Crippen LogP contribution >= 0.6 is 0 Å². The van der Waals surface area contributed by atoms with Gasteiger partial charge >= 0.3 is 0 Å². The van der Waals surface area contributed by atoms with Crippen LogP contribution in [0.2, 0.25) is 0 Å². The van der Waals surface area contributed by atoms with Gasteiger partial charge in [-0.1, -0.05) is 7.43 Å². The van der Waals surface area contributed by atoms with Crippen molar-refractivity contribution in [3.8, 4) is 0 Å². The van der Waals surface area contributed by atoms with Crippen LogP contribution < -0.4 is 0 Å². The van der Waals surface area contributed by atoms with Crippen molar-refractivity contribution in [2.75, 3.05) is 0 Å². The maximum Gasteiger partial charge on any atom is 0.187 e. The van der Waals surface area contributed by atoms with E-state index in [4.69, 9.17) is 0 Å². The second kappa shape index (κ2) is 21000. The second-order valence-corrected chi connectivity index (χ2v) is 0. The summed E-state index contributed by atoms with van der Waals surface area (Å²) in [6, 6.07) is 0. The molecule has 0 bridgehead atoms. The van der Waals surface area contributed by atoms with Crippen LogP contribution in [0, 0.1) is 0 Å². The standard InChI is InChI=1S/CH4.Al.6FH.3H/h1H4;;6*1H;;;. The summed E-state index contributed by atoms with van der Waals surface area (Å²) in [4.78, 5) is 0. The second-order valence-electron chi connectivity index (χ2n) is 0. The molecule has 62 valence electrons. The molecule has 0 radical (unpaired) electrons. The molecule has 0 nitrogen and oxygen atoms in total. The minimum absolute atomic E-state index is 0. The van der Waals surface area contributed by atoms with E-state index < -0.39 is 0 Å². The minimum Gasteiger partial charge on any atom is -0.269 e. The molecular formula is CH13AlF6. The van der Waals surface area contributed by atoms with Crippen LogP contribution in [0.15, 0.2) is 0 Å². The summed E-state index contributed by atoms with van der Waals surface area (Å²) in [5.41, 5.74) is 0. The lowest BCUT2D eigenvalue weighted by molar-refractivity contribution is 1.11. The summed E-state index contributed by atoms with van der Waals surface area (Å²) in [7, 11) is 0. The first-order valence-electron chi connectivity index (χ1n) is 0. The van der Waals surface area contributed by atoms with Gasteiger partial charge in [-0.15, -0.1) is 0 Å². The molecule has 0 amide bonds. The lowest BCUT2D eigenvalue weighted by Gasteiger charge is -0.270. The van der Waals surface area contributed by atoms with Gasteiger partial charge in [0.1, 0.15) is 0 Å². The molecule has 0 aromatic heterocycles. The quantitative estimate of drug-likeness (QED) is 0.360. The molecule has 0 aliphatic heterocycles. The normalized spacial score (nSPS) is 0. The summed E-state index contributed by atoms with van der Waals surface area (Å²) < 4.78 is 0. The van der Waals surface area contributed by atoms with E-state index in [-0.39, 0.29) is 53.0 Å². The monoisotopic (exact) mass is 166 g/mol. The molecule has 7 heteroatoms. The topological polar surface area (TPSA) is 0 Å². The van der Waals surface area contributed by atoms with E-state index in [2.05, 4.69) is 0 Å². The van der Waals surface area contributed by atoms with Crippen LogP contribution in [0.1, 0.15) is 7.43 Å². The fourth-order valence-electron chi connectivity index (χ4n) is 0. The van der Waals surface area contributed by atoms with Crippen LogP contribution in [-0.4, -0.2) is 17.4 Å². The Hall–Kier alpha value is 0.112. The van der Waals surface area contributed by atoms with E-state index in [0.717, 1.165) is 0 Å². The zero-order valence-electron chi connectivity index (χ0n) is 2.45. The third-order valence-corrected chi connectivity index (χ3v) is 0. The van der Waals surface area contributed by atoms with Gasteiger partial charge in [-0.05, 0) is 0 Å². The van der Waals surface area contributed by atoms with Crippen LogP contribution in [0.25, 0.3) is 0 Å². The maximum atomic E-state index is 0. The van der Waals surface area contributed by atoms with Crippen LogP contribution in [-0.2, 0) is 0 Å². The van der Waals surface area contributed by atoms with Gasteiger partial charge < -0.3 is 0 Å². The minimum atomic E-state index is 0. The van der Waals surface area contributed by atoms with Crippen molar-refractivity contribution in [2.45, 2.75) is 7.43 Å². The molecule has 0 spiro atoms. The highest BCUT2D eigenvalue weighted by Crippen LogP contribution is 0.425. The highest BCUT2D eigenvalue weighted by atomic mass is 27.0. The van der Waals surface area contributed by atoms with Gasteiger partial charge in [-0.2, -0.15) is 0 Å². The van der Waals surface area contributed by atoms with E-state index in [9.17, 15) is 0 Å². The van der Waals surface area contributed by atoms with Gasteiger partial charge in [0, 0.05) is 0 Å². The predicted octanol–water partition coefficient (Wildman–Crippen LogP) is 0.367. The van der Waals surface area contributed by atoms with Crippen molar-refractivity contribution in [3.05, 3.63) is 0 Å². The van der Waals surface area contributed by atoms with Crippen LogP contribution in [0.3, 0.4) is 0 Å². The first kappa shape index (κ1) is 32400. The largest absolute Gasteiger partial charge is 0.269 e. The van der Waals surface area contributed by atoms with Gasteiger partial charge in [0.15, 0.2) is 17.4 Å². The Morgan fingerprint density at radius 1 is 0.375 bits per heavy atom. The molecule has 0 saturated heterocycles. The van der Waals surface area contributed by atoms with Crippen LogP contribution in [0.5, 0.6) is 0 Å². The van der Waals surface area contributed by atoms with Crippen molar-refractivity contribution in [3.63, 3.8) is 0 Å². The van der Waals surface area contributed by atoms with Gasteiger partial charge in [-0.3, -0.25) is 28.2 Å². The average Bonchev–Trinajstić information content (AvgIpc) is 0. The van der Waals surface area contributed by atoms with Gasteiger partial charge in [0.25, 0.3) is 0 Å². The molecule has 0 aliphatic carbocycles. The zero-order chi connectivity index (χ0) is 0. The zero-order valence-corrected chi connectivity index (χ0v) is 2.45. The Labute approximate surface area is 54.0 Å². The predicted molar refractivity (Wildman–Crippen MR) is 31.7 cm³/mol. The molecule has 8 heavy (non-hydrogen) atoms. The molecule has 0 fully saturated rings. The number of rotatable bonds is 0. The number of halogens is 6. The number of hydrogen-bond acceptors (Lipinski definition) is 0. The first-order valence-corrected chi connectivity index (χ1v) is 0. The Bertz CT molecular complexity index is 8.49. The molecule has 0 aliphatic rings. The SMILES string of the molecule is C.F.F.F.F.F.F.[AlH3]. The van der Waals surface area contributed by atoms with Gasteiger partial charge in [0.2, 0.25) is 0 Å². The molecule has 0 aromatic rings. The van der Waals surface area contributed by atoms with E-state index >= 15 is 0 Å². The van der Waals surface area contributed by atoms with Crippen molar-refractivity contribution in [1.29, 1.82) is 0 Å². The lowest BCUT2D eigenvalue weighted by Crippen LogP contribution is -0.381. The van der Waals surface area contributed by atoms with Crippen molar-refractivity contribution in [2.24, 2.45) is 0 Å². The van der Waals surface area contributed by atoms with Crippen molar-refractivity contribution < 1.29 is 28.2 Å². The Morgan fingerprint density at radius 3 is 0.375 bits per heavy atom. The Morgan fingerprint density at radius 2 is 0.375 bits per heavy atom. The fraction of sp³-hybridized carbons (Fsp3) is 1.00. The van der Waals surface area contributed by atoms with Crippen molar-refractivity contribution >= 4 is 17.4 Å². The fourth-order valence-corrected chi connectivity index (χ4v) is 0. The summed E-state index contributed by atoms with van der Waals surface area (Å²) in [5, 5.41) is 0.